The number of hydrogen-bond acceptors (Lipinski definition) is 6. The molecule has 26 heavy (non-hydrogen) atoms. The van der Waals surface area contributed by atoms with Crippen molar-refractivity contribution in [1.29, 1.82) is 0 Å². The summed E-state index contributed by atoms with van der Waals surface area (Å²) in [6.07, 6.45) is 1.79. The van der Waals surface area contributed by atoms with Gasteiger partial charge in [0.1, 0.15) is 18.2 Å². The van der Waals surface area contributed by atoms with Crippen LogP contribution in [0, 0.1) is 6.92 Å². The molecule has 0 radical (unpaired) electrons. The smallest absolute Gasteiger partial charge is 0.222 e. The Kier molecular flexibility index (Phi) is 8.92. The molecule has 0 bridgehead atoms. The summed E-state index contributed by atoms with van der Waals surface area (Å²) < 4.78 is 5.84. The average Bonchev–Trinajstić information content (AvgIpc) is 2.80. The van der Waals surface area contributed by atoms with Crippen molar-refractivity contribution in [3.05, 3.63) is 41.1 Å². The lowest BCUT2D eigenvalue weighted by atomic mass is 10.1. The lowest BCUT2D eigenvalue weighted by molar-refractivity contribution is 0.303. The fourth-order valence-corrected chi connectivity index (χ4v) is 2.81. The van der Waals surface area contributed by atoms with Gasteiger partial charge in [-0.25, -0.2) is 4.98 Å². The number of anilines is 2. The maximum atomic E-state index is 5.87. The topological polar surface area (TPSA) is 85.1 Å². The molecule has 0 amide bonds. The quantitative estimate of drug-likeness (QED) is 0.716. The molecule has 8 heteroatoms. The van der Waals surface area contributed by atoms with E-state index < -0.39 is 0 Å². The normalized spacial score (nSPS) is 14.1. The first-order valence-electron chi connectivity index (χ1n) is 8.44. The molecule has 0 fully saturated rings. The monoisotopic (exact) mass is 399 g/mol. The van der Waals surface area contributed by atoms with E-state index in [2.05, 4.69) is 34.4 Å². The lowest BCUT2D eigenvalue weighted by Crippen LogP contribution is -2.25. The molecule has 1 aromatic carbocycles. The first kappa shape index (κ1) is 22.3. The van der Waals surface area contributed by atoms with Crippen LogP contribution < -0.4 is 21.1 Å². The highest BCUT2D eigenvalue weighted by molar-refractivity contribution is 5.85. The Balaban J connectivity index is 0.00000169. The molecule has 1 aliphatic rings. The van der Waals surface area contributed by atoms with Crippen molar-refractivity contribution in [3.8, 4) is 5.75 Å². The number of rotatable bonds is 5. The number of aryl methyl sites for hydroxylation is 1. The van der Waals surface area contributed by atoms with Crippen LogP contribution in [-0.4, -0.2) is 35.7 Å². The Morgan fingerprint density at radius 1 is 1.15 bits per heavy atom. The summed E-state index contributed by atoms with van der Waals surface area (Å²) >= 11 is 0. The molecule has 1 aromatic heterocycles. The first-order chi connectivity index (χ1) is 11.6. The molecule has 4 N–H and O–H groups in total. The molecule has 3 rings (SSSR count). The number of aromatic nitrogens is 2. The van der Waals surface area contributed by atoms with Gasteiger partial charge in [-0.15, -0.1) is 24.8 Å². The summed E-state index contributed by atoms with van der Waals surface area (Å²) in [5.74, 6) is 2.03. The minimum absolute atomic E-state index is 0. The van der Waals surface area contributed by atoms with E-state index in [9.17, 15) is 0 Å². The van der Waals surface area contributed by atoms with Crippen molar-refractivity contribution in [1.82, 2.24) is 15.3 Å². The van der Waals surface area contributed by atoms with E-state index in [1.54, 1.807) is 0 Å². The van der Waals surface area contributed by atoms with Crippen LogP contribution in [0.5, 0.6) is 5.75 Å². The Labute approximate surface area is 167 Å². The van der Waals surface area contributed by atoms with E-state index in [-0.39, 0.29) is 30.9 Å². The number of benzene rings is 1. The highest BCUT2D eigenvalue weighted by Gasteiger charge is 2.17. The SMILES string of the molecule is Cc1ccc(OCC(C)Nc2nc(N)nc3c2CCNCC3)cc1.Cl.Cl. The third-order valence-corrected chi connectivity index (χ3v) is 4.10. The third kappa shape index (κ3) is 5.90. The summed E-state index contributed by atoms with van der Waals surface area (Å²) in [5, 5.41) is 6.82. The molecule has 1 unspecified atom stereocenters. The van der Waals surface area contributed by atoms with Gasteiger partial charge in [0.25, 0.3) is 0 Å². The second-order valence-corrected chi connectivity index (χ2v) is 6.28. The van der Waals surface area contributed by atoms with Crippen LogP contribution in [-0.2, 0) is 12.8 Å². The van der Waals surface area contributed by atoms with Gasteiger partial charge in [0.15, 0.2) is 0 Å². The summed E-state index contributed by atoms with van der Waals surface area (Å²) in [6, 6.07) is 8.18. The van der Waals surface area contributed by atoms with E-state index in [1.807, 2.05) is 24.3 Å². The minimum atomic E-state index is 0. The summed E-state index contributed by atoms with van der Waals surface area (Å²) in [7, 11) is 0. The Morgan fingerprint density at radius 3 is 2.58 bits per heavy atom. The van der Waals surface area contributed by atoms with E-state index in [1.165, 1.54) is 5.56 Å². The van der Waals surface area contributed by atoms with Gasteiger partial charge in [-0.1, -0.05) is 17.7 Å². The van der Waals surface area contributed by atoms with Crippen molar-refractivity contribution >= 4 is 36.6 Å². The number of nitrogen functional groups attached to an aromatic ring is 1. The minimum Gasteiger partial charge on any atom is -0.491 e. The van der Waals surface area contributed by atoms with Crippen LogP contribution in [0.2, 0.25) is 0 Å². The Hall–Kier alpha value is -1.76. The fourth-order valence-electron chi connectivity index (χ4n) is 2.81. The van der Waals surface area contributed by atoms with E-state index in [0.717, 1.165) is 48.8 Å². The van der Waals surface area contributed by atoms with Gasteiger partial charge in [-0.05, 0) is 38.9 Å². The number of ether oxygens (including phenoxy) is 1. The molecule has 0 spiro atoms. The highest BCUT2D eigenvalue weighted by Crippen LogP contribution is 2.21. The summed E-state index contributed by atoms with van der Waals surface area (Å²) in [6.45, 7) is 6.56. The van der Waals surface area contributed by atoms with Crippen LogP contribution >= 0.6 is 24.8 Å². The lowest BCUT2D eigenvalue weighted by Gasteiger charge is -2.19. The van der Waals surface area contributed by atoms with Crippen molar-refractivity contribution in [3.63, 3.8) is 0 Å². The Bertz CT molecular complexity index is 697. The van der Waals surface area contributed by atoms with Gasteiger partial charge in [-0.2, -0.15) is 4.98 Å². The maximum absolute atomic E-state index is 5.87. The molecule has 0 saturated carbocycles. The van der Waals surface area contributed by atoms with Crippen molar-refractivity contribution in [2.75, 3.05) is 30.7 Å². The van der Waals surface area contributed by atoms with Gasteiger partial charge < -0.3 is 21.1 Å². The van der Waals surface area contributed by atoms with Gasteiger partial charge >= 0.3 is 0 Å². The van der Waals surface area contributed by atoms with E-state index >= 15 is 0 Å². The van der Waals surface area contributed by atoms with Gasteiger partial charge in [0.2, 0.25) is 5.95 Å². The highest BCUT2D eigenvalue weighted by atomic mass is 35.5. The Morgan fingerprint density at radius 2 is 1.85 bits per heavy atom. The zero-order valence-corrected chi connectivity index (χ0v) is 16.8. The molecule has 0 aliphatic carbocycles. The van der Waals surface area contributed by atoms with Crippen LogP contribution in [0.15, 0.2) is 24.3 Å². The zero-order chi connectivity index (χ0) is 16.9. The van der Waals surface area contributed by atoms with Crippen molar-refractivity contribution in [2.45, 2.75) is 32.7 Å². The van der Waals surface area contributed by atoms with Crippen LogP contribution in [0.4, 0.5) is 11.8 Å². The van der Waals surface area contributed by atoms with Crippen LogP contribution in [0.25, 0.3) is 0 Å². The number of nitrogens with zero attached hydrogens (tertiary/aromatic N) is 2. The third-order valence-electron chi connectivity index (χ3n) is 4.10. The van der Waals surface area contributed by atoms with E-state index in [0.29, 0.717) is 12.6 Å². The van der Waals surface area contributed by atoms with Crippen LogP contribution in [0.1, 0.15) is 23.7 Å². The molecule has 2 heterocycles. The number of hydrogen-bond donors (Lipinski definition) is 3. The molecule has 0 saturated heterocycles. The van der Waals surface area contributed by atoms with Crippen molar-refractivity contribution in [2.24, 2.45) is 0 Å². The molecule has 1 atom stereocenters. The van der Waals surface area contributed by atoms with Gasteiger partial charge in [0.05, 0.1) is 11.7 Å². The summed E-state index contributed by atoms with van der Waals surface area (Å²) in [5.41, 5.74) is 9.30. The first-order valence-corrected chi connectivity index (χ1v) is 8.44. The molecule has 1 aliphatic heterocycles. The number of fused-ring (bicyclic) bond motifs is 1. The maximum Gasteiger partial charge on any atom is 0.222 e. The molecule has 6 nitrogen and oxygen atoms in total. The largest absolute Gasteiger partial charge is 0.491 e. The molecule has 2 aromatic rings. The fraction of sp³-hybridized carbons (Fsp3) is 0.444. The molecular formula is C18H27Cl2N5O. The predicted octanol–water partition coefficient (Wildman–Crippen LogP) is 2.78. The number of nitrogens with one attached hydrogen (secondary N) is 2. The second kappa shape index (κ2) is 10.4. The summed E-state index contributed by atoms with van der Waals surface area (Å²) in [4.78, 5) is 8.81. The predicted molar refractivity (Wildman–Crippen MR) is 111 cm³/mol. The van der Waals surface area contributed by atoms with Gasteiger partial charge in [0, 0.05) is 18.5 Å². The molecule has 144 valence electrons. The average molecular weight is 400 g/mol. The molecular weight excluding hydrogens is 373 g/mol. The zero-order valence-electron chi connectivity index (χ0n) is 15.1. The van der Waals surface area contributed by atoms with E-state index in [4.69, 9.17) is 10.5 Å². The number of halogens is 2. The second-order valence-electron chi connectivity index (χ2n) is 6.28. The number of nitrogens with two attached hydrogens (primary N) is 1. The van der Waals surface area contributed by atoms with Crippen LogP contribution in [0.3, 0.4) is 0 Å². The van der Waals surface area contributed by atoms with Gasteiger partial charge in [-0.3, -0.25) is 0 Å². The van der Waals surface area contributed by atoms with Crippen molar-refractivity contribution < 1.29 is 4.74 Å². The standard InChI is InChI=1S/C18H25N5O.2ClH/c1-12-3-5-14(6-4-12)24-11-13(2)21-17-15-7-9-20-10-8-16(15)22-18(19)23-17;;/h3-6,13,20H,7-11H2,1-2H3,(H3,19,21,22,23);2*1H.